The van der Waals surface area contributed by atoms with Crippen molar-refractivity contribution in [3.05, 3.63) is 59.5 Å². The summed E-state index contributed by atoms with van der Waals surface area (Å²) in [5, 5.41) is -0.0773. The van der Waals surface area contributed by atoms with Crippen LogP contribution in [0.5, 0.6) is 0 Å². The van der Waals surface area contributed by atoms with Crippen molar-refractivity contribution in [1.82, 2.24) is 9.80 Å². The molecule has 1 saturated heterocycles. The first kappa shape index (κ1) is 17.6. The fourth-order valence-corrected chi connectivity index (χ4v) is 4.36. The van der Waals surface area contributed by atoms with Gasteiger partial charge in [-0.2, -0.15) is 0 Å². The van der Waals surface area contributed by atoms with Gasteiger partial charge in [0.1, 0.15) is 5.37 Å². The highest BCUT2D eigenvalue weighted by atomic mass is 32.2. The van der Waals surface area contributed by atoms with E-state index < -0.39 is 0 Å². The molecular formula is C19H22N2O3S. The summed E-state index contributed by atoms with van der Waals surface area (Å²) >= 11 is 1.66. The third-order valence-corrected chi connectivity index (χ3v) is 5.83. The number of rotatable bonds is 5. The number of amides is 2. The smallest absolute Gasteiger partial charge is 0.289 e. The number of aryl methyl sites for hydroxylation is 1. The van der Waals surface area contributed by atoms with Gasteiger partial charge < -0.3 is 14.2 Å². The van der Waals surface area contributed by atoms with Crippen LogP contribution in [0.1, 0.15) is 34.0 Å². The van der Waals surface area contributed by atoms with Crippen molar-refractivity contribution < 1.29 is 14.0 Å². The summed E-state index contributed by atoms with van der Waals surface area (Å²) < 4.78 is 5.16. The van der Waals surface area contributed by atoms with Crippen LogP contribution in [0.15, 0.2) is 47.1 Å². The summed E-state index contributed by atoms with van der Waals surface area (Å²) in [5.74, 6) is 0.260. The van der Waals surface area contributed by atoms with E-state index in [0.29, 0.717) is 18.8 Å². The minimum absolute atomic E-state index is 0.00388. The highest BCUT2D eigenvalue weighted by Gasteiger charge is 2.38. The standard InChI is InChI=1S/C19H22N2O3S/c1-13-7-4-5-8-15(13)19-21(17(22)14(2)25-19)11-10-20(3)18(23)16-9-6-12-24-16/h4-9,12,14,19H,10-11H2,1-3H3/t14-,19-/m1/s1. The number of benzene rings is 1. The third kappa shape index (κ3) is 3.58. The number of likely N-dealkylation sites (N-methyl/N-ethyl adjacent to an activating group) is 1. The van der Waals surface area contributed by atoms with Crippen molar-refractivity contribution in [1.29, 1.82) is 0 Å². The van der Waals surface area contributed by atoms with Gasteiger partial charge in [0.15, 0.2) is 5.76 Å². The molecule has 2 amide bonds. The van der Waals surface area contributed by atoms with Gasteiger partial charge in [-0.25, -0.2) is 0 Å². The van der Waals surface area contributed by atoms with Crippen LogP contribution in [-0.2, 0) is 4.79 Å². The SMILES string of the molecule is Cc1ccccc1[C@H]1S[C@H](C)C(=O)N1CCN(C)C(=O)c1ccco1. The Balaban J connectivity index is 1.72. The Kier molecular flexibility index (Phi) is 5.18. The second-order valence-corrected chi connectivity index (χ2v) is 7.65. The monoisotopic (exact) mass is 358 g/mol. The predicted octanol–water partition coefficient (Wildman–Crippen LogP) is 3.32. The minimum Gasteiger partial charge on any atom is -0.459 e. The Morgan fingerprint density at radius 1 is 1.28 bits per heavy atom. The second-order valence-electron chi connectivity index (χ2n) is 6.22. The van der Waals surface area contributed by atoms with E-state index in [0.717, 1.165) is 5.56 Å². The number of furan rings is 1. The molecule has 0 radical (unpaired) electrons. The van der Waals surface area contributed by atoms with E-state index in [2.05, 4.69) is 19.1 Å². The Morgan fingerprint density at radius 2 is 2.04 bits per heavy atom. The molecule has 2 heterocycles. The van der Waals surface area contributed by atoms with E-state index in [9.17, 15) is 9.59 Å². The number of thioether (sulfide) groups is 1. The third-order valence-electron chi connectivity index (χ3n) is 4.46. The zero-order valence-corrected chi connectivity index (χ0v) is 15.5. The average molecular weight is 358 g/mol. The van der Waals surface area contributed by atoms with Gasteiger partial charge in [-0.3, -0.25) is 9.59 Å². The average Bonchev–Trinajstić information content (AvgIpc) is 3.22. The molecule has 0 N–H and O–H groups in total. The molecule has 25 heavy (non-hydrogen) atoms. The van der Waals surface area contributed by atoms with Crippen LogP contribution in [0, 0.1) is 6.92 Å². The predicted molar refractivity (Wildman–Crippen MR) is 98.4 cm³/mol. The van der Waals surface area contributed by atoms with Crippen LogP contribution in [0.3, 0.4) is 0 Å². The van der Waals surface area contributed by atoms with Crippen molar-refractivity contribution in [2.24, 2.45) is 0 Å². The van der Waals surface area contributed by atoms with E-state index in [1.165, 1.54) is 11.8 Å². The van der Waals surface area contributed by atoms with Gasteiger partial charge in [-0.1, -0.05) is 24.3 Å². The summed E-state index contributed by atoms with van der Waals surface area (Å²) in [7, 11) is 1.73. The number of hydrogen-bond acceptors (Lipinski definition) is 4. The summed E-state index contributed by atoms with van der Waals surface area (Å²) in [6, 6.07) is 11.5. The number of hydrogen-bond donors (Lipinski definition) is 0. The molecule has 0 saturated carbocycles. The van der Waals surface area contributed by atoms with E-state index in [4.69, 9.17) is 4.42 Å². The molecule has 0 bridgehead atoms. The summed E-state index contributed by atoms with van der Waals surface area (Å²) in [6.45, 7) is 4.96. The Hall–Kier alpha value is -2.21. The van der Waals surface area contributed by atoms with Crippen molar-refractivity contribution in [3.63, 3.8) is 0 Å². The summed E-state index contributed by atoms with van der Waals surface area (Å²) in [6.07, 6.45) is 1.48. The van der Waals surface area contributed by atoms with Crippen molar-refractivity contribution in [2.45, 2.75) is 24.5 Å². The molecule has 1 aromatic heterocycles. The highest BCUT2D eigenvalue weighted by Crippen LogP contribution is 2.43. The van der Waals surface area contributed by atoms with Gasteiger partial charge in [-0.05, 0) is 37.1 Å². The largest absolute Gasteiger partial charge is 0.459 e. The van der Waals surface area contributed by atoms with Crippen LogP contribution >= 0.6 is 11.8 Å². The van der Waals surface area contributed by atoms with Gasteiger partial charge in [0.25, 0.3) is 5.91 Å². The Labute approximate surface area is 152 Å². The van der Waals surface area contributed by atoms with E-state index in [-0.39, 0.29) is 22.4 Å². The lowest BCUT2D eigenvalue weighted by molar-refractivity contribution is -0.129. The van der Waals surface area contributed by atoms with Gasteiger partial charge in [0.05, 0.1) is 11.5 Å². The minimum atomic E-state index is -0.176. The molecule has 132 valence electrons. The maximum absolute atomic E-state index is 12.6. The van der Waals surface area contributed by atoms with E-state index in [1.807, 2.05) is 24.0 Å². The molecule has 0 aliphatic carbocycles. The zero-order chi connectivity index (χ0) is 18.0. The van der Waals surface area contributed by atoms with Crippen molar-refractivity contribution in [2.75, 3.05) is 20.1 Å². The van der Waals surface area contributed by atoms with E-state index in [1.54, 1.807) is 35.8 Å². The zero-order valence-electron chi connectivity index (χ0n) is 14.6. The van der Waals surface area contributed by atoms with E-state index >= 15 is 0 Å². The molecule has 2 aromatic rings. The summed E-state index contributed by atoms with van der Waals surface area (Å²) in [4.78, 5) is 28.4. The summed E-state index contributed by atoms with van der Waals surface area (Å²) in [5.41, 5.74) is 2.33. The van der Waals surface area contributed by atoms with Crippen LogP contribution < -0.4 is 0 Å². The maximum Gasteiger partial charge on any atom is 0.289 e. The Morgan fingerprint density at radius 3 is 2.72 bits per heavy atom. The quantitative estimate of drug-likeness (QED) is 0.823. The lowest BCUT2D eigenvalue weighted by Crippen LogP contribution is -2.39. The van der Waals surface area contributed by atoms with Crippen LogP contribution in [0.25, 0.3) is 0 Å². The van der Waals surface area contributed by atoms with Crippen molar-refractivity contribution in [3.8, 4) is 0 Å². The topological polar surface area (TPSA) is 53.8 Å². The molecule has 1 aromatic carbocycles. The lowest BCUT2D eigenvalue weighted by Gasteiger charge is -2.27. The van der Waals surface area contributed by atoms with Gasteiger partial charge in [0, 0.05) is 20.1 Å². The fraction of sp³-hybridized carbons (Fsp3) is 0.368. The molecule has 3 rings (SSSR count). The molecule has 0 spiro atoms. The fourth-order valence-electron chi connectivity index (χ4n) is 2.95. The van der Waals surface area contributed by atoms with Gasteiger partial charge in [-0.15, -0.1) is 11.8 Å². The first-order valence-electron chi connectivity index (χ1n) is 8.29. The first-order valence-corrected chi connectivity index (χ1v) is 9.23. The van der Waals surface area contributed by atoms with Gasteiger partial charge in [0.2, 0.25) is 5.91 Å². The lowest BCUT2D eigenvalue weighted by atomic mass is 10.1. The van der Waals surface area contributed by atoms with Crippen LogP contribution in [-0.4, -0.2) is 47.0 Å². The van der Waals surface area contributed by atoms with Crippen LogP contribution in [0.4, 0.5) is 0 Å². The number of nitrogens with zero attached hydrogens (tertiary/aromatic N) is 2. The normalized spacial score (nSPS) is 20.1. The molecule has 6 heteroatoms. The van der Waals surface area contributed by atoms with Crippen molar-refractivity contribution >= 4 is 23.6 Å². The van der Waals surface area contributed by atoms with Gasteiger partial charge >= 0.3 is 0 Å². The molecule has 2 atom stereocenters. The molecular weight excluding hydrogens is 336 g/mol. The molecule has 5 nitrogen and oxygen atoms in total. The molecule has 0 unspecified atom stereocenters. The first-order chi connectivity index (χ1) is 12.0. The molecule has 1 aliphatic heterocycles. The molecule has 1 fully saturated rings. The number of carbonyl (C=O) groups is 2. The second kappa shape index (κ2) is 7.35. The Bertz CT molecular complexity index is 760. The number of carbonyl (C=O) groups excluding carboxylic acids is 2. The molecule has 1 aliphatic rings. The van der Waals surface area contributed by atoms with Crippen LogP contribution in [0.2, 0.25) is 0 Å². The highest BCUT2D eigenvalue weighted by molar-refractivity contribution is 8.01. The maximum atomic E-state index is 12.6.